The van der Waals surface area contributed by atoms with Crippen LogP contribution in [0.1, 0.15) is 44.7 Å². The SMILES string of the molecule is COc1ccccc1[C@@H]1NC(=O)NC(C)=C1C(=O)O[C@H]1CCC[C@H]1C. The molecule has 3 atom stereocenters. The van der Waals surface area contributed by atoms with Crippen LogP contribution in [-0.4, -0.2) is 25.2 Å². The van der Waals surface area contributed by atoms with Gasteiger partial charge in [-0.25, -0.2) is 9.59 Å². The van der Waals surface area contributed by atoms with E-state index in [2.05, 4.69) is 17.6 Å². The zero-order chi connectivity index (χ0) is 18.0. The summed E-state index contributed by atoms with van der Waals surface area (Å²) in [6, 6.07) is 6.39. The molecule has 0 spiro atoms. The lowest BCUT2D eigenvalue weighted by molar-refractivity contribution is -0.146. The van der Waals surface area contributed by atoms with Crippen molar-refractivity contribution in [2.75, 3.05) is 7.11 Å². The van der Waals surface area contributed by atoms with Crippen molar-refractivity contribution in [2.45, 2.75) is 45.3 Å². The predicted octanol–water partition coefficient (Wildman–Crippen LogP) is 3.05. The topological polar surface area (TPSA) is 76.7 Å². The van der Waals surface area contributed by atoms with Crippen LogP contribution < -0.4 is 15.4 Å². The minimum atomic E-state index is -0.603. The van der Waals surface area contributed by atoms with Gasteiger partial charge in [0.1, 0.15) is 11.9 Å². The predicted molar refractivity (Wildman–Crippen MR) is 93.0 cm³/mol. The van der Waals surface area contributed by atoms with Gasteiger partial charge in [0.05, 0.1) is 18.7 Å². The summed E-state index contributed by atoms with van der Waals surface area (Å²) in [5, 5.41) is 5.49. The summed E-state index contributed by atoms with van der Waals surface area (Å²) >= 11 is 0. The molecule has 6 nitrogen and oxygen atoms in total. The molecular formula is C19H24N2O4. The van der Waals surface area contributed by atoms with Gasteiger partial charge < -0.3 is 20.1 Å². The second-order valence-corrected chi connectivity index (χ2v) is 6.66. The number of benzene rings is 1. The summed E-state index contributed by atoms with van der Waals surface area (Å²) in [7, 11) is 1.57. The number of para-hydroxylation sites is 1. The first kappa shape index (κ1) is 17.3. The standard InChI is InChI=1S/C19H24N2O4/c1-11-7-6-10-14(11)25-18(22)16-12(2)20-19(23)21-17(16)13-8-4-5-9-15(13)24-3/h4-5,8-9,11,14,17H,6-7,10H2,1-3H3,(H2,20,21,23)/t11-,14+,17+/m1/s1. The molecule has 1 aromatic carbocycles. The number of urea groups is 1. The van der Waals surface area contributed by atoms with Crippen molar-refractivity contribution < 1.29 is 19.1 Å². The molecule has 0 saturated heterocycles. The normalized spacial score (nSPS) is 26.0. The van der Waals surface area contributed by atoms with E-state index in [1.807, 2.05) is 18.2 Å². The van der Waals surface area contributed by atoms with E-state index in [-0.39, 0.29) is 18.1 Å². The molecule has 1 aliphatic heterocycles. The highest BCUT2D eigenvalue weighted by atomic mass is 16.5. The summed E-state index contributed by atoms with van der Waals surface area (Å²) in [5.74, 6) is 0.586. The molecule has 2 N–H and O–H groups in total. The van der Waals surface area contributed by atoms with Crippen molar-refractivity contribution in [3.8, 4) is 5.75 Å². The van der Waals surface area contributed by atoms with Crippen LogP contribution in [0, 0.1) is 5.92 Å². The Morgan fingerprint density at radius 3 is 2.68 bits per heavy atom. The third-order valence-electron chi connectivity index (χ3n) is 4.98. The van der Waals surface area contributed by atoms with Crippen LogP contribution in [0.4, 0.5) is 4.79 Å². The summed E-state index contributed by atoms with van der Waals surface area (Å²) in [4.78, 5) is 24.9. The van der Waals surface area contributed by atoms with Gasteiger partial charge in [-0.3, -0.25) is 0 Å². The smallest absolute Gasteiger partial charge is 0.338 e. The zero-order valence-corrected chi connectivity index (χ0v) is 14.8. The average molecular weight is 344 g/mol. The monoisotopic (exact) mass is 344 g/mol. The molecule has 1 fully saturated rings. The molecule has 25 heavy (non-hydrogen) atoms. The number of nitrogens with one attached hydrogen (secondary N) is 2. The van der Waals surface area contributed by atoms with Gasteiger partial charge in [0.15, 0.2) is 0 Å². The van der Waals surface area contributed by atoms with E-state index in [0.29, 0.717) is 22.9 Å². The summed E-state index contributed by atoms with van der Waals surface area (Å²) < 4.78 is 11.2. The lowest BCUT2D eigenvalue weighted by atomic mass is 9.94. The van der Waals surface area contributed by atoms with E-state index in [0.717, 1.165) is 24.8 Å². The highest BCUT2D eigenvalue weighted by Gasteiger charge is 2.36. The van der Waals surface area contributed by atoms with Crippen LogP contribution in [-0.2, 0) is 9.53 Å². The Hall–Kier alpha value is -2.50. The number of ether oxygens (including phenoxy) is 2. The minimum absolute atomic E-state index is 0.0660. The van der Waals surface area contributed by atoms with E-state index in [1.54, 1.807) is 20.1 Å². The van der Waals surface area contributed by atoms with E-state index in [9.17, 15) is 9.59 Å². The number of methoxy groups -OCH3 is 1. The Balaban J connectivity index is 1.93. The number of amides is 2. The number of rotatable bonds is 4. The maximum atomic E-state index is 12.9. The number of hydrogen-bond donors (Lipinski definition) is 2. The lowest BCUT2D eigenvalue weighted by Crippen LogP contribution is -2.45. The highest BCUT2D eigenvalue weighted by molar-refractivity contribution is 5.95. The van der Waals surface area contributed by atoms with Crippen LogP contribution in [0.25, 0.3) is 0 Å². The van der Waals surface area contributed by atoms with Crippen molar-refractivity contribution in [1.29, 1.82) is 0 Å². The zero-order valence-electron chi connectivity index (χ0n) is 14.8. The van der Waals surface area contributed by atoms with E-state index in [1.165, 1.54) is 0 Å². The molecule has 3 rings (SSSR count). The van der Waals surface area contributed by atoms with E-state index in [4.69, 9.17) is 9.47 Å². The van der Waals surface area contributed by atoms with Gasteiger partial charge in [0.25, 0.3) is 0 Å². The fourth-order valence-electron chi connectivity index (χ4n) is 3.59. The fourth-order valence-corrected chi connectivity index (χ4v) is 3.59. The van der Waals surface area contributed by atoms with Crippen LogP contribution >= 0.6 is 0 Å². The molecule has 0 unspecified atom stereocenters. The second kappa shape index (κ2) is 7.17. The van der Waals surface area contributed by atoms with Crippen molar-refractivity contribution >= 4 is 12.0 Å². The molecule has 2 aliphatic rings. The first-order chi connectivity index (χ1) is 12.0. The number of carbonyl (C=O) groups is 2. The Kier molecular flexibility index (Phi) is 4.97. The van der Waals surface area contributed by atoms with Gasteiger partial charge in [0.2, 0.25) is 0 Å². The van der Waals surface area contributed by atoms with E-state index >= 15 is 0 Å². The number of allylic oxidation sites excluding steroid dienone is 1. The van der Waals surface area contributed by atoms with Crippen molar-refractivity contribution in [2.24, 2.45) is 5.92 Å². The van der Waals surface area contributed by atoms with Crippen LogP contribution in [0.3, 0.4) is 0 Å². The number of esters is 1. The third-order valence-corrected chi connectivity index (χ3v) is 4.98. The Bertz CT molecular complexity index is 713. The van der Waals surface area contributed by atoms with Crippen molar-refractivity contribution in [3.63, 3.8) is 0 Å². The number of carbonyl (C=O) groups excluding carboxylic acids is 2. The van der Waals surface area contributed by atoms with Gasteiger partial charge in [-0.1, -0.05) is 25.1 Å². The van der Waals surface area contributed by atoms with Crippen molar-refractivity contribution in [1.82, 2.24) is 10.6 Å². The molecular weight excluding hydrogens is 320 g/mol. The van der Waals surface area contributed by atoms with Crippen LogP contribution in [0.5, 0.6) is 5.75 Å². The van der Waals surface area contributed by atoms with Gasteiger partial charge >= 0.3 is 12.0 Å². The molecule has 1 aromatic rings. The molecule has 0 aromatic heterocycles. The average Bonchev–Trinajstić information content (AvgIpc) is 2.98. The van der Waals surface area contributed by atoms with Crippen LogP contribution in [0.15, 0.2) is 35.5 Å². The molecule has 0 radical (unpaired) electrons. The third kappa shape index (κ3) is 3.48. The molecule has 1 saturated carbocycles. The highest BCUT2D eigenvalue weighted by Crippen LogP contribution is 2.35. The Morgan fingerprint density at radius 2 is 2.00 bits per heavy atom. The molecule has 0 bridgehead atoms. The maximum Gasteiger partial charge on any atom is 0.338 e. The Labute approximate surface area is 147 Å². The van der Waals surface area contributed by atoms with Gasteiger partial charge in [-0.2, -0.15) is 0 Å². The van der Waals surface area contributed by atoms with Crippen molar-refractivity contribution in [3.05, 3.63) is 41.1 Å². The summed E-state index contributed by atoms with van der Waals surface area (Å²) in [6.45, 7) is 3.82. The summed E-state index contributed by atoms with van der Waals surface area (Å²) in [6.07, 6.45) is 2.96. The molecule has 6 heteroatoms. The Morgan fingerprint density at radius 1 is 1.24 bits per heavy atom. The second-order valence-electron chi connectivity index (χ2n) is 6.66. The largest absolute Gasteiger partial charge is 0.496 e. The maximum absolute atomic E-state index is 12.9. The fraction of sp³-hybridized carbons (Fsp3) is 0.474. The van der Waals surface area contributed by atoms with Gasteiger partial charge in [-0.15, -0.1) is 0 Å². The molecule has 134 valence electrons. The first-order valence-electron chi connectivity index (χ1n) is 8.63. The lowest BCUT2D eigenvalue weighted by Gasteiger charge is -2.30. The van der Waals surface area contributed by atoms with Crippen LogP contribution in [0.2, 0.25) is 0 Å². The molecule has 2 amide bonds. The summed E-state index contributed by atoms with van der Waals surface area (Å²) in [5.41, 5.74) is 1.66. The van der Waals surface area contributed by atoms with E-state index < -0.39 is 6.04 Å². The number of hydrogen-bond acceptors (Lipinski definition) is 4. The first-order valence-corrected chi connectivity index (χ1v) is 8.63. The van der Waals surface area contributed by atoms with Gasteiger partial charge in [-0.05, 0) is 38.2 Å². The molecule has 1 aliphatic carbocycles. The van der Waals surface area contributed by atoms with Gasteiger partial charge in [0, 0.05) is 11.3 Å². The minimum Gasteiger partial charge on any atom is -0.496 e. The molecule has 1 heterocycles. The quantitative estimate of drug-likeness (QED) is 0.823.